The molecule has 2 aromatic rings. The Kier molecular flexibility index (Phi) is 5.02. The standard InChI is InChI=1S/C13H18N2O.BrH/c1-15(2)7-6-10-9-14-13-5-4-11(16-3)8-12(10)13;/h4-5,8-9,14H,6-7H2,1-3H3;1H. The third-order valence-electron chi connectivity index (χ3n) is 2.80. The Hall–Kier alpha value is -1.00. The lowest BCUT2D eigenvalue weighted by molar-refractivity contribution is 0.413. The number of fused-ring (bicyclic) bond motifs is 1. The van der Waals surface area contributed by atoms with Gasteiger partial charge in [0.25, 0.3) is 0 Å². The molecule has 0 saturated heterocycles. The Morgan fingerprint density at radius 2 is 2.06 bits per heavy atom. The van der Waals surface area contributed by atoms with Crippen LogP contribution in [0.4, 0.5) is 0 Å². The monoisotopic (exact) mass is 298 g/mol. The van der Waals surface area contributed by atoms with E-state index in [0.717, 1.165) is 18.7 Å². The number of benzene rings is 1. The van der Waals surface area contributed by atoms with Crippen molar-refractivity contribution in [3.63, 3.8) is 0 Å². The van der Waals surface area contributed by atoms with Crippen molar-refractivity contribution in [2.45, 2.75) is 6.42 Å². The highest BCUT2D eigenvalue weighted by Crippen LogP contribution is 2.23. The zero-order valence-corrected chi connectivity index (χ0v) is 12.2. The molecule has 0 bridgehead atoms. The molecule has 0 aliphatic rings. The van der Waals surface area contributed by atoms with Gasteiger partial charge in [0.1, 0.15) is 5.75 Å². The highest BCUT2D eigenvalue weighted by atomic mass is 79.9. The number of halogens is 1. The quantitative estimate of drug-likeness (QED) is 0.940. The summed E-state index contributed by atoms with van der Waals surface area (Å²) in [5.74, 6) is 0.915. The first-order chi connectivity index (χ1) is 7.70. The summed E-state index contributed by atoms with van der Waals surface area (Å²) in [6.07, 6.45) is 3.15. The summed E-state index contributed by atoms with van der Waals surface area (Å²) in [5, 5.41) is 1.27. The predicted molar refractivity (Wildman–Crippen MR) is 77.4 cm³/mol. The lowest BCUT2D eigenvalue weighted by Gasteiger charge is -2.08. The molecule has 0 saturated carbocycles. The first-order valence-electron chi connectivity index (χ1n) is 5.49. The summed E-state index contributed by atoms with van der Waals surface area (Å²) in [6, 6.07) is 6.14. The van der Waals surface area contributed by atoms with Gasteiger partial charge in [0.15, 0.2) is 0 Å². The van der Waals surface area contributed by atoms with Crippen molar-refractivity contribution in [3.8, 4) is 5.75 Å². The van der Waals surface area contributed by atoms with Crippen LogP contribution in [0.2, 0.25) is 0 Å². The van der Waals surface area contributed by atoms with Crippen molar-refractivity contribution in [3.05, 3.63) is 30.0 Å². The Morgan fingerprint density at radius 3 is 2.71 bits per heavy atom. The van der Waals surface area contributed by atoms with Gasteiger partial charge in [-0.25, -0.2) is 0 Å². The largest absolute Gasteiger partial charge is 0.497 e. The second-order valence-electron chi connectivity index (χ2n) is 4.28. The molecular formula is C13H19BrN2O. The van der Waals surface area contributed by atoms with Crippen molar-refractivity contribution in [1.29, 1.82) is 0 Å². The molecule has 0 unspecified atom stereocenters. The maximum Gasteiger partial charge on any atom is 0.119 e. The van der Waals surface area contributed by atoms with Crippen molar-refractivity contribution >= 4 is 27.9 Å². The highest BCUT2D eigenvalue weighted by molar-refractivity contribution is 8.93. The third-order valence-corrected chi connectivity index (χ3v) is 2.80. The number of rotatable bonds is 4. The molecule has 0 atom stereocenters. The molecule has 17 heavy (non-hydrogen) atoms. The lowest BCUT2D eigenvalue weighted by Crippen LogP contribution is -2.14. The molecule has 0 radical (unpaired) electrons. The summed E-state index contributed by atoms with van der Waals surface area (Å²) in [4.78, 5) is 5.48. The number of H-pyrrole nitrogens is 1. The average molecular weight is 299 g/mol. The van der Waals surface area contributed by atoms with Crippen LogP contribution in [0, 0.1) is 0 Å². The first-order valence-corrected chi connectivity index (χ1v) is 5.49. The van der Waals surface area contributed by atoms with Crippen molar-refractivity contribution in [2.75, 3.05) is 27.7 Å². The van der Waals surface area contributed by atoms with Gasteiger partial charge in [0, 0.05) is 23.6 Å². The van der Waals surface area contributed by atoms with Gasteiger partial charge >= 0.3 is 0 Å². The zero-order chi connectivity index (χ0) is 11.5. The SMILES string of the molecule is Br.COc1ccc2[nH]cc(CCN(C)C)c2c1. The number of aromatic nitrogens is 1. The fourth-order valence-corrected chi connectivity index (χ4v) is 1.84. The molecule has 4 heteroatoms. The van der Waals surface area contributed by atoms with Gasteiger partial charge in [0.05, 0.1) is 7.11 Å². The predicted octanol–water partition coefficient (Wildman–Crippen LogP) is 2.86. The number of nitrogens with zero attached hydrogens (tertiary/aromatic N) is 1. The van der Waals surface area contributed by atoms with Crippen LogP contribution in [0.15, 0.2) is 24.4 Å². The molecule has 0 amide bonds. The minimum atomic E-state index is 0. The molecule has 0 aliphatic heterocycles. The zero-order valence-electron chi connectivity index (χ0n) is 10.5. The van der Waals surface area contributed by atoms with Gasteiger partial charge in [-0.2, -0.15) is 0 Å². The first kappa shape index (κ1) is 14.1. The highest BCUT2D eigenvalue weighted by Gasteiger charge is 2.05. The molecule has 94 valence electrons. The maximum absolute atomic E-state index is 5.25. The van der Waals surface area contributed by atoms with E-state index in [9.17, 15) is 0 Å². The second-order valence-corrected chi connectivity index (χ2v) is 4.28. The number of hydrogen-bond donors (Lipinski definition) is 1. The molecule has 1 aromatic carbocycles. The fourth-order valence-electron chi connectivity index (χ4n) is 1.84. The van der Waals surface area contributed by atoms with Gasteiger partial charge in [-0.3, -0.25) is 0 Å². The van der Waals surface area contributed by atoms with Crippen LogP contribution in [0.25, 0.3) is 10.9 Å². The molecule has 1 heterocycles. The summed E-state index contributed by atoms with van der Waals surface area (Å²) < 4.78 is 5.25. The van der Waals surface area contributed by atoms with Crippen LogP contribution in [0.1, 0.15) is 5.56 Å². The molecule has 1 aromatic heterocycles. The number of hydrogen-bond acceptors (Lipinski definition) is 2. The smallest absolute Gasteiger partial charge is 0.119 e. The molecule has 2 rings (SSSR count). The van der Waals surface area contributed by atoms with Gasteiger partial charge in [-0.15, -0.1) is 17.0 Å². The van der Waals surface area contributed by atoms with E-state index in [2.05, 4.69) is 42.3 Å². The maximum atomic E-state index is 5.25. The summed E-state index contributed by atoms with van der Waals surface area (Å²) in [5.41, 5.74) is 2.53. The van der Waals surface area contributed by atoms with E-state index in [1.165, 1.54) is 16.5 Å². The molecule has 0 spiro atoms. The topological polar surface area (TPSA) is 28.3 Å². The van der Waals surface area contributed by atoms with Crippen LogP contribution in [0.3, 0.4) is 0 Å². The third kappa shape index (κ3) is 3.23. The average Bonchev–Trinajstić information content (AvgIpc) is 2.68. The minimum Gasteiger partial charge on any atom is -0.497 e. The van der Waals surface area contributed by atoms with Crippen LogP contribution >= 0.6 is 17.0 Å². The number of ether oxygens (including phenoxy) is 1. The lowest BCUT2D eigenvalue weighted by atomic mass is 10.1. The van der Waals surface area contributed by atoms with Gasteiger partial charge in [-0.1, -0.05) is 0 Å². The molecule has 0 aliphatic carbocycles. The normalized spacial score (nSPS) is 10.6. The number of aromatic amines is 1. The van der Waals surface area contributed by atoms with Crippen molar-refractivity contribution in [2.24, 2.45) is 0 Å². The van der Waals surface area contributed by atoms with Crippen molar-refractivity contribution in [1.82, 2.24) is 9.88 Å². The Morgan fingerprint density at radius 1 is 1.29 bits per heavy atom. The molecule has 0 fully saturated rings. The van der Waals surface area contributed by atoms with E-state index in [0.29, 0.717) is 0 Å². The van der Waals surface area contributed by atoms with Gasteiger partial charge in [-0.05, 0) is 44.3 Å². The van der Waals surface area contributed by atoms with Crippen molar-refractivity contribution < 1.29 is 4.74 Å². The van der Waals surface area contributed by atoms with E-state index >= 15 is 0 Å². The van der Waals surface area contributed by atoms with Crippen LogP contribution in [-0.4, -0.2) is 37.6 Å². The van der Waals surface area contributed by atoms with E-state index in [-0.39, 0.29) is 17.0 Å². The summed E-state index contributed by atoms with van der Waals surface area (Å²) in [7, 11) is 5.89. The van der Waals surface area contributed by atoms with Gasteiger partial charge < -0.3 is 14.6 Å². The Labute approximate surface area is 113 Å². The van der Waals surface area contributed by atoms with Crippen LogP contribution in [-0.2, 0) is 6.42 Å². The molecule has 1 N–H and O–H groups in total. The number of methoxy groups -OCH3 is 1. The molecular weight excluding hydrogens is 280 g/mol. The van der Waals surface area contributed by atoms with Crippen LogP contribution in [0.5, 0.6) is 5.75 Å². The van der Waals surface area contributed by atoms with E-state index in [1.807, 2.05) is 6.07 Å². The number of nitrogens with one attached hydrogen (secondary N) is 1. The van der Waals surface area contributed by atoms with E-state index in [1.54, 1.807) is 7.11 Å². The minimum absolute atomic E-state index is 0. The Bertz CT molecular complexity index is 479. The summed E-state index contributed by atoms with van der Waals surface area (Å²) >= 11 is 0. The molecule has 3 nitrogen and oxygen atoms in total. The number of likely N-dealkylation sites (N-methyl/N-ethyl adjacent to an activating group) is 1. The summed E-state index contributed by atoms with van der Waals surface area (Å²) in [6.45, 7) is 1.06. The fraction of sp³-hybridized carbons (Fsp3) is 0.385. The van der Waals surface area contributed by atoms with Crippen LogP contribution < -0.4 is 4.74 Å². The van der Waals surface area contributed by atoms with E-state index in [4.69, 9.17) is 4.74 Å². The second kappa shape index (κ2) is 6.07. The van der Waals surface area contributed by atoms with E-state index < -0.39 is 0 Å². The van der Waals surface area contributed by atoms with Gasteiger partial charge in [0.2, 0.25) is 0 Å². The Balaban J connectivity index is 0.00000144.